The zero-order valence-corrected chi connectivity index (χ0v) is 15.4. The Balaban J connectivity index is 1.98. The van der Waals surface area contributed by atoms with Crippen LogP contribution in [0.5, 0.6) is 0 Å². The third kappa shape index (κ3) is 2.70. The van der Waals surface area contributed by atoms with Crippen LogP contribution in [0, 0.1) is 0 Å². The Hall–Kier alpha value is -1.59. The molecule has 3 aromatic rings. The Kier molecular flexibility index (Phi) is 4.46. The van der Waals surface area contributed by atoms with Crippen molar-refractivity contribution in [2.75, 3.05) is 5.75 Å². The molecule has 4 rings (SSSR count). The number of aryl methyl sites for hydroxylation is 2. The summed E-state index contributed by atoms with van der Waals surface area (Å²) in [5, 5.41) is 0.833. The van der Waals surface area contributed by atoms with E-state index in [1.807, 2.05) is 18.2 Å². The molecular formula is C19H20N2OS2. The van der Waals surface area contributed by atoms with Crippen LogP contribution in [0.15, 0.2) is 40.3 Å². The first-order valence-electron chi connectivity index (χ1n) is 8.55. The monoisotopic (exact) mass is 356 g/mol. The summed E-state index contributed by atoms with van der Waals surface area (Å²) in [4.78, 5) is 18.4. The van der Waals surface area contributed by atoms with Gasteiger partial charge in [-0.25, -0.2) is 0 Å². The first-order chi connectivity index (χ1) is 11.8. The molecule has 0 saturated heterocycles. The van der Waals surface area contributed by atoms with Crippen LogP contribution in [-0.4, -0.2) is 15.3 Å². The number of fused-ring (bicyclic) bond motifs is 3. The Bertz CT molecular complexity index is 928. The maximum absolute atomic E-state index is 12.6. The fraction of sp³-hybridized carbons (Fsp3) is 0.368. The van der Waals surface area contributed by atoms with Gasteiger partial charge in [-0.15, -0.1) is 11.3 Å². The number of rotatable bonds is 5. The summed E-state index contributed by atoms with van der Waals surface area (Å²) in [6.45, 7) is 2.19. The summed E-state index contributed by atoms with van der Waals surface area (Å²) in [6.07, 6.45) is 5.65. The standard InChI is InChI=1S/C19H20N2OS2/c1-2-3-12-23-19-20-18(22)17-16(14-10-7-11-15(14)24-17)21(19)13-8-5-4-6-9-13/h4-6,8-9H,2-3,7,10-12H2,1H3. The maximum atomic E-state index is 12.6. The lowest BCUT2D eigenvalue weighted by molar-refractivity contribution is 0.837. The summed E-state index contributed by atoms with van der Waals surface area (Å²) >= 11 is 3.35. The highest BCUT2D eigenvalue weighted by molar-refractivity contribution is 7.99. The van der Waals surface area contributed by atoms with E-state index in [0.29, 0.717) is 0 Å². The van der Waals surface area contributed by atoms with E-state index in [4.69, 9.17) is 0 Å². The van der Waals surface area contributed by atoms with E-state index in [-0.39, 0.29) is 5.56 Å². The number of thioether (sulfide) groups is 1. The minimum Gasteiger partial charge on any atom is -0.288 e. The maximum Gasteiger partial charge on any atom is 0.291 e. The van der Waals surface area contributed by atoms with Crippen LogP contribution in [-0.2, 0) is 12.8 Å². The Morgan fingerprint density at radius 1 is 1.25 bits per heavy atom. The van der Waals surface area contributed by atoms with Gasteiger partial charge in [-0.1, -0.05) is 43.3 Å². The predicted molar refractivity (Wildman–Crippen MR) is 103 cm³/mol. The largest absolute Gasteiger partial charge is 0.291 e. The molecule has 1 aliphatic carbocycles. The van der Waals surface area contributed by atoms with Gasteiger partial charge in [-0.3, -0.25) is 9.36 Å². The van der Waals surface area contributed by atoms with E-state index in [0.717, 1.165) is 52.5 Å². The van der Waals surface area contributed by atoms with Gasteiger partial charge in [0.15, 0.2) is 5.16 Å². The van der Waals surface area contributed by atoms with E-state index in [2.05, 4.69) is 28.6 Å². The van der Waals surface area contributed by atoms with Crippen molar-refractivity contribution in [1.29, 1.82) is 0 Å². The molecule has 1 aromatic carbocycles. The van der Waals surface area contributed by atoms with Crippen LogP contribution in [0.25, 0.3) is 15.9 Å². The molecule has 0 amide bonds. The third-order valence-corrected chi connectivity index (χ3v) is 6.74. The van der Waals surface area contributed by atoms with E-state index in [1.165, 1.54) is 16.9 Å². The average molecular weight is 357 g/mol. The highest BCUT2D eigenvalue weighted by Gasteiger charge is 2.24. The van der Waals surface area contributed by atoms with Crippen molar-refractivity contribution in [1.82, 2.24) is 9.55 Å². The Morgan fingerprint density at radius 2 is 2.08 bits per heavy atom. The van der Waals surface area contributed by atoms with E-state index in [1.54, 1.807) is 23.1 Å². The van der Waals surface area contributed by atoms with E-state index in [9.17, 15) is 4.79 Å². The van der Waals surface area contributed by atoms with Crippen molar-refractivity contribution in [2.45, 2.75) is 44.2 Å². The van der Waals surface area contributed by atoms with Crippen LogP contribution in [0.4, 0.5) is 0 Å². The highest BCUT2D eigenvalue weighted by atomic mass is 32.2. The first-order valence-corrected chi connectivity index (χ1v) is 10.4. The van der Waals surface area contributed by atoms with Crippen LogP contribution in [0.2, 0.25) is 0 Å². The number of nitrogens with zero attached hydrogens (tertiary/aromatic N) is 2. The molecule has 0 radical (unpaired) electrons. The van der Waals surface area contributed by atoms with Crippen molar-refractivity contribution >= 4 is 33.3 Å². The number of para-hydroxylation sites is 1. The second-order valence-corrected chi connectivity index (χ2v) is 8.27. The Labute approximate surface area is 149 Å². The second kappa shape index (κ2) is 6.73. The molecule has 3 nitrogen and oxygen atoms in total. The molecule has 2 heterocycles. The molecule has 0 unspecified atom stereocenters. The molecule has 5 heteroatoms. The van der Waals surface area contributed by atoms with Gasteiger partial charge in [0, 0.05) is 16.3 Å². The second-order valence-electron chi connectivity index (χ2n) is 6.11. The third-order valence-electron chi connectivity index (χ3n) is 4.44. The molecule has 0 bridgehead atoms. The quantitative estimate of drug-likeness (QED) is 0.373. The van der Waals surface area contributed by atoms with Crippen molar-refractivity contribution < 1.29 is 0 Å². The van der Waals surface area contributed by atoms with Gasteiger partial charge in [0.25, 0.3) is 5.56 Å². The van der Waals surface area contributed by atoms with Gasteiger partial charge >= 0.3 is 0 Å². The number of benzene rings is 1. The minimum absolute atomic E-state index is 0.0596. The summed E-state index contributed by atoms with van der Waals surface area (Å²) in [6, 6.07) is 10.3. The summed E-state index contributed by atoms with van der Waals surface area (Å²) in [7, 11) is 0. The topological polar surface area (TPSA) is 34.9 Å². The van der Waals surface area contributed by atoms with E-state index < -0.39 is 0 Å². The zero-order valence-electron chi connectivity index (χ0n) is 13.7. The van der Waals surface area contributed by atoms with Crippen LogP contribution >= 0.6 is 23.1 Å². The lowest BCUT2D eigenvalue weighted by atomic mass is 10.2. The summed E-state index contributed by atoms with van der Waals surface area (Å²) in [5.74, 6) is 0.994. The summed E-state index contributed by atoms with van der Waals surface area (Å²) < 4.78 is 3.04. The molecule has 0 atom stereocenters. The highest BCUT2D eigenvalue weighted by Crippen LogP contribution is 2.38. The van der Waals surface area contributed by atoms with Gasteiger partial charge in [0.2, 0.25) is 0 Å². The SMILES string of the molecule is CCCCSc1nc(=O)c2sc3c(c2n1-c1ccccc1)CCC3. The molecule has 0 N–H and O–H groups in total. The molecule has 2 aromatic heterocycles. The van der Waals surface area contributed by atoms with Crippen molar-refractivity contribution in [3.63, 3.8) is 0 Å². The average Bonchev–Trinajstić information content (AvgIpc) is 3.18. The molecule has 0 spiro atoms. The molecule has 0 fully saturated rings. The summed E-state index contributed by atoms with van der Waals surface area (Å²) in [5.41, 5.74) is 3.52. The molecule has 0 saturated carbocycles. The predicted octanol–water partition coefficient (Wildman–Crippen LogP) is 4.83. The first kappa shape index (κ1) is 15.9. The smallest absolute Gasteiger partial charge is 0.288 e. The number of hydrogen-bond donors (Lipinski definition) is 0. The van der Waals surface area contributed by atoms with E-state index >= 15 is 0 Å². The Morgan fingerprint density at radius 3 is 2.88 bits per heavy atom. The van der Waals surface area contributed by atoms with Crippen LogP contribution in [0.3, 0.4) is 0 Å². The number of hydrogen-bond acceptors (Lipinski definition) is 4. The molecule has 24 heavy (non-hydrogen) atoms. The lowest BCUT2D eigenvalue weighted by Crippen LogP contribution is -2.14. The van der Waals surface area contributed by atoms with Gasteiger partial charge < -0.3 is 0 Å². The number of aromatic nitrogens is 2. The van der Waals surface area contributed by atoms with Gasteiger partial charge in [0.1, 0.15) is 4.70 Å². The molecular weight excluding hydrogens is 336 g/mol. The molecule has 1 aliphatic rings. The number of unbranched alkanes of at least 4 members (excludes halogenated alkanes) is 1. The van der Waals surface area contributed by atoms with Gasteiger partial charge in [-0.05, 0) is 43.4 Å². The minimum atomic E-state index is -0.0596. The lowest BCUT2D eigenvalue weighted by Gasteiger charge is -2.15. The van der Waals surface area contributed by atoms with Gasteiger partial charge in [0.05, 0.1) is 5.52 Å². The van der Waals surface area contributed by atoms with Crippen LogP contribution in [0.1, 0.15) is 36.6 Å². The molecule has 0 aliphatic heterocycles. The fourth-order valence-electron chi connectivity index (χ4n) is 3.27. The van der Waals surface area contributed by atoms with Crippen molar-refractivity contribution in [3.05, 3.63) is 51.1 Å². The van der Waals surface area contributed by atoms with Crippen molar-refractivity contribution in [3.8, 4) is 5.69 Å². The van der Waals surface area contributed by atoms with Crippen LogP contribution < -0.4 is 5.56 Å². The van der Waals surface area contributed by atoms with Crippen molar-refractivity contribution in [2.24, 2.45) is 0 Å². The normalized spacial score (nSPS) is 13.5. The number of thiophene rings is 1. The molecule has 124 valence electrons. The zero-order chi connectivity index (χ0) is 16.5. The fourth-order valence-corrected chi connectivity index (χ4v) is 5.62. The van der Waals surface area contributed by atoms with Gasteiger partial charge in [-0.2, -0.15) is 4.98 Å².